The summed E-state index contributed by atoms with van der Waals surface area (Å²) in [6.45, 7) is 4.17. The van der Waals surface area contributed by atoms with Crippen molar-refractivity contribution in [1.82, 2.24) is 9.97 Å². The number of hydrogen-bond acceptors (Lipinski definition) is 2. The maximum atomic E-state index is 4.53. The lowest BCUT2D eigenvalue weighted by Crippen LogP contribution is -1.96. The van der Waals surface area contributed by atoms with Crippen molar-refractivity contribution < 1.29 is 0 Å². The van der Waals surface area contributed by atoms with Crippen LogP contribution in [0.15, 0.2) is 40.9 Å². The van der Waals surface area contributed by atoms with Gasteiger partial charge in [-0.3, -0.25) is 0 Å². The summed E-state index contributed by atoms with van der Waals surface area (Å²) < 4.78 is 1.05. The van der Waals surface area contributed by atoms with Crippen LogP contribution in [-0.4, -0.2) is 9.97 Å². The zero-order valence-electron chi connectivity index (χ0n) is 10.8. The maximum absolute atomic E-state index is 4.53. The minimum Gasteiger partial charge on any atom is -0.325 e. The first kappa shape index (κ1) is 12.2. The Morgan fingerprint density at radius 1 is 1.16 bits per heavy atom. The zero-order valence-corrected chi connectivity index (χ0v) is 12.4. The maximum Gasteiger partial charge on any atom is 0.205 e. The number of fused-ring (bicyclic) bond motifs is 1. The Hall–Kier alpha value is -1.81. The minimum atomic E-state index is 0.758. The average molecular weight is 316 g/mol. The van der Waals surface area contributed by atoms with Gasteiger partial charge in [0.2, 0.25) is 5.95 Å². The van der Waals surface area contributed by atoms with E-state index >= 15 is 0 Å². The fraction of sp³-hybridized carbons (Fsp3) is 0.133. The van der Waals surface area contributed by atoms with Crippen molar-refractivity contribution in [2.75, 3.05) is 5.32 Å². The van der Waals surface area contributed by atoms with Gasteiger partial charge < -0.3 is 10.3 Å². The first-order chi connectivity index (χ1) is 9.13. The fourth-order valence-electron chi connectivity index (χ4n) is 2.20. The molecule has 3 rings (SSSR count). The summed E-state index contributed by atoms with van der Waals surface area (Å²) in [4.78, 5) is 7.80. The number of nitrogens with zero attached hydrogens (tertiary/aromatic N) is 1. The summed E-state index contributed by atoms with van der Waals surface area (Å²) in [7, 11) is 0. The number of anilines is 2. The molecule has 3 aromatic rings. The van der Waals surface area contributed by atoms with Crippen molar-refractivity contribution in [3.05, 3.63) is 52.0 Å². The molecule has 0 unspecified atom stereocenters. The van der Waals surface area contributed by atoms with E-state index in [9.17, 15) is 0 Å². The molecule has 0 saturated carbocycles. The molecule has 1 aromatic heterocycles. The van der Waals surface area contributed by atoms with E-state index in [1.807, 2.05) is 24.3 Å². The predicted octanol–water partition coefficient (Wildman–Crippen LogP) is 4.69. The standard InChI is InChI=1S/C15H14BrN3/c1-9-7-10(2)14(11(16)8-9)19-15-17-12-5-3-4-6-13(12)18-15/h3-8H,1-2H3,(H2,17,18,19). The van der Waals surface area contributed by atoms with E-state index in [2.05, 4.69) is 57.2 Å². The second-order valence-corrected chi connectivity index (χ2v) is 5.52. The SMILES string of the molecule is Cc1cc(C)c(Nc2nc3ccccc3[nH]2)c(Br)c1. The first-order valence-corrected chi connectivity index (χ1v) is 6.91. The lowest BCUT2D eigenvalue weighted by atomic mass is 10.1. The largest absolute Gasteiger partial charge is 0.325 e. The molecule has 1 heterocycles. The third-order valence-corrected chi connectivity index (χ3v) is 3.69. The van der Waals surface area contributed by atoms with Crippen LogP contribution in [0, 0.1) is 13.8 Å². The van der Waals surface area contributed by atoms with Crippen LogP contribution in [-0.2, 0) is 0 Å². The number of H-pyrrole nitrogens is 1. The number of rotatable bonds is 2. The predicted molar refractivity (Wildman–Crippen MR) is 83.0 cm³/mol. The molecule has 19 heavy (non-hydrogen) atoms. The highest BCUT2D eigenvalue weighted by Gasteiger charge is 2.08. The van der Waals surface area contributed by atoms with Crippen LogP contribution in [0.3, 0.4) is 0 Å². The van der Waals surface area contributed by atoms with Gasteiger partial charge in [-0.15, -0.1) is 0 Å². The highest BCUT2D eigenvalue weighted by atomic mass is 79.9. The van der Waals surface area contributed by atoms with E-state index in [1.54, 1.807) is 0 Å². The summed E-state index contributed by atoms with van der Waals surface area (Å²) in [5.41, 5.74) is 5.47. The average Bonchev–Trinajstić information content (AvgIpc) is 2.76. The third kappa shape index (κ3) is 2.36. The van der Waals surface area contributed by atoms with Crippen molar-refractivity contribution in [1.29, 1.82) is 0 Å². The van der Waals surface area contributed by atoms with Gasteiger partial charge in [0.05, 0.1) is 16.7 Å². The van der Waals surface area contributed by atoms with Gasteiger partial charge in [0, 0.05) is 4.47 Å². The molecule has 0 aliphatic heterocycles. The summed E-state index contributed by atoms with van der Waals surface area (Å²) in [6.07, 6.45) is 0. The van der Waals surface area contributed by atoms with E-state index < -0.39 is 0 Å². The fourth-order valence-corrected chi connectivity index (χ4v) is 2.98. The Morgan fingerprint density at radius 3 is 2.68 bits per heavy atom. The lowest BCUT2D eigenvalue weighted by Gasteiger charge is -2.10. The Balaban J connectivity index is 2.01. The Morgan fingerprint density at radius 2 is 1.95 bits per heavy atom. The van der Waals surface area contributed by atoms with Crippen LogP contribution in [0.25, 0.3) is 11.0 Å². The van der Waals surface area contributed by atoms with Crippen LogP contribution in [0.2, 0.25) is 0 Å². The van der Waals surface area contributed by atoms with Crippen LogP contribution in [0.1, 0.15) is 11.1 Å². The normalized spacial score (nSPS) is 10.9. The molecule has 0 fully saturated rings. The number of nitrogens with one attached hydrogen (secondary N) is 2. The molecule has 0 atom stereocenters. The second-order valence-electron chi connectivity index (χ2n) is 4.67. The summed E-state index contributed by atoms with van der Waals surface area (Å²) in [6, 6.07) is 12.2. The molecule has 0 aliphatic rings. The van der Waals surface area contributed by atoms with E-state index in [0.29, 0.717) is 0 Å². The lowest BCUT2D eigenvalue weighted by molar-refractivity contribution is 1.28. The third-order valence-electron chi connectivity index (χ3n) is 3.06. The van der Waals surface area contributed by atoms with Gasteiger partial charge in [-0.2, -0.15) is 0 Å². The molecule has 2 N–H and O–H groups in total. The van der Waals surface area contributed by atoms with Crippen LogP contribution >= 0.6 is 15.9 Å². The molecule has 4 heteroatoms. The van der Waals surface area contributed by atoms with Crippen molar-refractivity contribution in [3.63, 3.8) is 0 Å². The summed E-state index contributed by atoms with van der Waals surface area (Å²) >= 11 is 3.60. The number of benzene rings is 2. The van der Waals surface area contributed by atoms with E-state index in [1.165, 1.54) is 11.1 Å². The number of aromatic amines is 1. The molecule has 0 amide bonds. The van der Waals surface area contributed by atoms with Crippen molar-refractivity contribution >= 4 is 38.6 Å². The molecule has 0 saturated heterocycles. The van der Waals surface area contributed by atoms with E-state index in [-0.39, 0.29) is 0 Å². The molecule has 0 bridgehead atoms. The van der Waals surface area contributed by atoms with E-state index in [4.69, 9.17) is 0 Å². The summed E-state index contributed by atoms with van der Waals surface area (Å²) in [5, 5.41) is 3.34. The number of aryl methyl sites for hydroxylation is 2. The topological polar surface area (TPSA) is 40.7 Å². The number of imidazole rings is 1. The second kappa shape index (κ2) is 4.70. The first-order valence-electron chi connectivity index (χ1n) is 6.12. The Kier molecular flexibility index (Phi) is 3.03. The highest BCUT2D eigenvalue weighted by molar-refractivity contribution is 9.10. The molecular formula is C15H14BrN3. The number of para-hydroxylation sites is 2. The minimum absolute atomic E-state index is 0.758. The van der Waals surface area contributed by atoms with Gasteiger partial charge in [0.25, 0.3) is 0 Å². The molecular weight excluding hydrogens is 302 g/mol. The molecule has 0 aliphatic carbocycles. The van der Waals surface area contributed by atoms with Gasteiger partial charge in [-0.05, 0) is 59.1 Å². The van der Waals surface area contributed by atoms with Gasteiger partial charge in [-0.25, -0.2) is 4.98 Å². The van der Waals surface area contributed by atoms with Crippen LogP contribution in [0.4, 0.5) is 11.6 Å². The number of aromatic nitrogens is 2. The van der Waals surface area contributed by atoms with Crippen LogP contribution < -0.4 is 5.32 Å². The van der Waals surface area contributed by atoms with Gasteiger partial charge in [-0.1, -0.05) is 18.2 Å². The molecule has 0 spiro atoms. The number of hydrogen-bond donors (Lipinski definition) is 2. The van der Waals surface area contributed by atoms with Crippen LogP contribution in [0.5, 0.6) is 0 Å². The van der Waals surface area contributed by atoms with E-state index in [0.717, 1.165) is 27.1 Å². The van der Waals surface area contributed by atoms with Crippen molar-refractivity contribution in [2.45, 2.75) is 13.8 Å². The van der Waals surface area contributed by atoms with Gasteiger partial charge in [0.1, 0.15) is 0 Å². The monoisotopic (exact) mass is 315 g/mol. The molecule has 0 radical (unpaired) electrons. The Bertz CT molecular complexity index is 690. The molecule has 3 nitrogen and oxygen atoms in total. The highest BCUT2D eigenvalue weighted by Crippen LogP contribution is 2.30. The van der Waals surface area contributed by atoms with Crippen molar-refractivity contribution in [2.24, 2.45) is 0 Å². The quantitative estimate of drug-likeness (QED) is 0.720. The van der Waals surface area contributed by atoms with Crippen molar-refractivity contribution in [3.8, 4) is 0 Å². The Labute approximate surface area is 120 Å². The molecule has 2 aromatic carbocycles. The van der Waals surface area contributed by atoms with Gasteiger partial charge >= 0.3 is 0 Å². The summed E-state index contributed by atoms with van der Waals surface area (Å²) in [5.74, 6) is 0.758. The smallest absolute Gasteiger partial charge is 0.205 e. The zero-order chi connectivity index (χ0) is 13.4. The van der Waals surface area contributed by atoms with Gasteiger partial charge in [0.15, 0.2) is 0 Å². The number of halogens is 1. The molecule has 96 valence electrons.